The first kappa shape index (κ1) is 19.7. The van der Waals surface area contributed by atoms with Gasteiger partial charge in [0, 0.05) is 12.7 Å². The Morgan fingerprint density at radius 2 is 1.88 bits per heavy atom. The van der Waals surface area contributed by atoms with Crippen molar-refractivity contribution < 1.29 is 9.53 Å². The third-order valence-electron chi connectivity index (χ3n) is 2.86. The van der Waals surface area contributed by atoms with Crippen LogP contribution in [0, 0.1) is 0 Å². The monoisotopic (exact) mass is 483 g/mol. The molecule has 0 saturated carbocycles. The number of benzene rings is 2. The van der Waals surface area contributed by atoms with Crippen molar-refractivity contribution in [2.75, 3.05) is 0 Å². The van der Waals surface area contributed by atoms with Crippen molar-refractivity contribution in [1.82, 2.24) is 0 Å². The van der Waals surface area contributed by atoms with Gasteiger partial charge in [-0.2, -0.15) is 5.10 Å². The summed E-state index contributed by atoms with van der Waals surface area (Å²) in [5, 5.41) is 8.35. The van der Waals surface area contributed by atoms with Gasteiger partial charge in [0.05, 0.1) is 15.2 Å². The summed E-state index contributed by atoms with van der Waals surface area (Å²) in [5.74, 6) is 0.765. The van der Waals surface area contributed by atoms with Crippen molar-refractivity contribution in [2.45, 2.75) is 12.7 Å². The van der Waals surface area contributed by atoms with Crippen LogP contribution in [0.5, 0.6) is 5.75 Å². The fourth-order valence-corrected chi connectivity index (χ4v) is 3.80. The fraction of sp³-hybridized carbons (Fsp3) is 0.118. The molecule has 130 valence electrons. The quantitative estimate of drug-likeness (QED) is 0.219. The van der Waals surface area contributed by atoms with Gasteiger partial charge in [0.1, 0.15) is 0 Å². The first-order valence-corrected chi connectivity index (χ1v) is 9.73. The van der Waals surface area contributed by atoms with Gasteiger partial charge in [-0.15, -0.1) is 5.10 Å². The molecule has 8 heteroatoms. The van der Waals surface area contributed by atoms with Gasteiger partial charge in [0.25, 0.3) is 0 Å². The first-order valence-electron chi connectivity index (χ1n) is 7.16. The maximum absolute atomic E-state index is 11.1. The number of halogens is 2. The molecule has 5 nitrogen and oxygen atoms in total. The number of nitrogens with zero attached hydrogens (tertiary/aromatic N) is 2. The summed E-state index contributed by atoms with van der Waals surface area (Å²) >= 11 is 8.15. The number of nitrogens with two attached hydrogens (primary N) is 1. The van der Waals surface area contributed by atoms with Crippen molar-refractivity contribution in [2.24, 2.45) is 15.9 Å². The lowest BCUT2D eigenvalue weighted by atomic mass is 10.2. The van der Waals surface area contributed by atoms with Crippen LogP contribution in [0.1, 0.15) is 18.1 Å². The van der Waals surface area contributed by atoms with Crippen molar-refractivity contribution >= 4 is 61.0 Å². The second kappa shape index (κ2) is 9.74. The van der Waals surface area contributed by atoms with Gasteiger partial charge in [-0.05, 0) is 55.1 Å². The molecule has 0 bridgehead atoms. The van der Waals surface area contributed by atoms with E-state index < -0.39 is 5.97 Å². The van der Waals surface area contributed by atoms with Crippen LogP contribution in [0.3, 0.4) is 0 Å². The lowest BCUT2D eigenvalue weighted by Gasteiger charge is -2.07. The van der Waals surface area contributed by atoms with Crippen LogP contribution in [0.25, 0.3) is 0 Å². The van der Waals surface area contributed by atoms with Gasteiger partial charge in [-0.1, -0.05) is 42.1 Å². The summed E-state index contributed by atoms with van der Waals surface area (Å²) in [6.45, 7) is 1.35. The number of ether oxygens (including phenoxy) is 1. The SMILES string of the molecule is CC(=O)Oc1c(Br)cc(C=NN=C(N)SCc2ccccc2)cc1Br. The van der Waals surface area contributed by atoms with Crippen LogP contribution in [0.15, 0.2) is 61.6 Å². The Morgan fingerprint density at radius 3 is 2.48 bits per heavy atom. The number of thioether (sulfide) groups is 1. The summed E-state index contributed by atoms with van der Waals surface area (Å²) in [4.78, 5) is 11.1. The second-order valence-electron chi connectivity index (χ2n) is 4.86. The Hall–Kier alpha value is -1.64. The van der Waals surface area contributed by atoms with Crippen molar-refractivity contribution in [3.8, 4) is 5.75 Å². The van der Waals surface area contributed by atoms with Crippen LogP contribution in [-0.4, -0.2) is 17.4 Å². The lowest BCUT2D eigenvalue weighted by molar-refractivity contribution is -0.131. The molecule has 25 heavy (non-hydrogen) atoms. The van der Waals surface area contributed by atoms with E-state index in [-0.39, 0.29) is 0 Å². The second-order valence-corrected chi connectivity index (χ2v) is 7.57. The van der Waals surface area contributed by atoms with Crippen LogP contribution in [0.4, 0.5) is 0 Å². The van der Waals surface area contributed by atoms with E-state index in [1.807, 2.05) is 30.3 Å². The van der Waals surface area contributed by atoms with Gasteiger partial charge >= 0.3 is 5.97 Å². The number of carbonyl (C=O) groups excluding carboxylic acids is 1. The highest BCUT2D eigenvalue weighted by molar-refractivity contribution is 9.11. The normalized spacial score (nSPS) is 11.7. The highest BCUT2D eigenvalue weighted by atomic mass is 79.9. The number of amidine groups is 1. The molecule has 0 radical (unpaired) electrons. The molecule has 0 heterocycles. The van der Waals surface area contributed by atoms with E-state index in [2.05, 4.69) is 42.1 Å². The number of rotatable bonds is 5. The van der Waals surface area contributed by atoms with Gasteiger partial charge in [0.2, 0.25) is 0 Å². The largest absolute Gasteiger partial charge is 0.424 e. The summed E-state index contributed by atoms with van der Waals surface area (Å²) in [7, 11) is 0. The maximum Gasteiger partial charge on any atom is 0.308 e. The van der Waals surface area contributed by atoms with Crippen molar-refractivity contribution in [3.63, 3.8) is 0 Å². The van der Waals surface area contributed by atoms with Crippen LogP contribution < -0.4 is 10.5 Å². The maximum atomic E-state index is 11.1. The predicted molar refractivity (Wildman–Crippen MR) is 110 cm³/mol. The number of esters is 1. The zero-order valence-corrected chi connectivity index (χ0v) is 17.3. The summed E-state index contributed by atoms with van der Waals surface area (Å²) < 4.78 is 6.39. The Labute approximate surface area is 167 Å². The molecule has 0 unspecified atom stereocenters. The molecule has 0 fully saturated rings. The zero-order chi connectivity index (χ0) is 18.2. The molecular weight excluding hydrogens is 470 g/mol. The number of hydrogen-bond acceptors (Lipinski definition) is 5. The summed E-state index contributed by atoms with van der Waals surface area (Å²) in [6.07, 6.45) is 1.57. The third kappa shape index (κ3) is 6.64. The molecule has 2 rings (SSSR count). The molecular formula is C17H15Br2N3O2S. The van der Waals surface area contributed by atoms with Gasteiger partial charge in [-0.3, -0.25) is 4.79 Å². The molecule has 0 aliphatic heterocycles. The standard InChI is InChI=1S/C17H15Br2N3O2S/c1-11(23)24-16-14(18)7-13(8-15(16)19)9-21-22-17(20)25-10-12-5-3-2-4-6-12/h2-9H,10H2,1H3,(H2,20,22). The average Bonchev–Trinajstić information content (AvgIpc) is 2.57. The molecule has 2 aromatic rings. The van der Waals surface area contributed by atoms with E-state index in [9.17, 15) is 4.79 Å². The molecule has 0 spiro atoms. The molecule has 2 aromatic carbocycles. The molecule has 0 aromatic heterocycles. The Bertz CT molecular complexity index is 788. The fourth-order valence-electron chi connectivity index (χ4n) is 1.81. The minimum atomic E-state index is -0.393. The third-order valence-corrected chi connectivity index (χ3v) is 4.89. The molecule has 0 amide bonds. The first-order chi connectivity index (χ1) is 12.0. The lowest BCUT2D eigenvalue weighted by Crippen LogP contribution is -2.06. The summed E-state index contributed by atoms with van der Waals surface area (Å²) in [6, 6.07) is 13.5. The molecule has 0 atom stereocenters. The highest BCUT2D eigenvalue weighted by Crippen LogP contribution is 2.34. The van der Waals surface area contributed by atoms with Crippen LogP contribution >= 0.6 is 43.6 Å². The van der Waals surface area contributed by atoms with E-state index in [1.54, 1.807) is 18.3 Å². The van der Waals surface area contributed by atoms with E-state index in [4.69, 9.17) is 10.5 Å². The number of carbonyl (C=O) groups is 1. The Balaban J connectivity index is 2.00. The van der Waals surface area contributed by atoms with Crippen LogP contribution in [-0.2, 0) is 10.5 Å². The highest BCUT2D eigenvalue weighted by Gasteiger charge is 2.10. The molecule has 0 saturated heterocycles. The minimum absolute atomic E-state index is 0.384. The predicted octanol–water partition coefficient (Wildman–Crippen LogP) is 4.72. The van der Waals surface area contributed by atoms with Crippen molar-refractivity contribution in [1.29, 1.82) is 0 Å². The van der Waals surface area contributed by atoms with E-state index in [0.717, 1.165) is 11.3 Å². The Kier molecular flexibility index (Phi) is 7.67. The topological polar surface area (TPSA) is 77.0 Å². The summed E-state index contributed by atoms with van der Waals surface area (Å²) in [5.41, 5.74) is 7.79. The van der Waals surface area contributed by atoms with Gasteiger partial charge < -0.3 is 10.5 Å². The molecule has 2 N–H and O–H groups in total. The molecule has 0 aliphatic carbocycles. The smallest absolute Gasteiger partial charge is 0.308 e. The van der Waals surface area contributed by atoms with Gasteiger partial charge in [-0.25, -0.2) is 0 Å². The minimum Gasteiger partial charge on any atom is -0.424 e. The average molecular weight is 485 g/mol. The van der Waals surface area contributed by atoms with E-state index in [0.29, 0.717) is 19.9 Å². The van der Waals surface area contributed by atoms with E-state index in [1.165, 1.54) is 24.2 Å². The van der Waals surface area contributed by atoms with Crippen LogP contribution in [0.2, 0.25) is 0 Å². The van der Waals surface area contributed by atoms with Gasteiger partial charge in [0.15, 0.2) is 10.9 Å². The molecule has 0 aliphatic rings. The Morgan fingerprint density at radius 1 is 1.24 bits per heavy atom. The zero-order valence-electron chi connectivity index (χ0n) is 13.3. The van der Waals surface area contributed by atoms with E-state index >= 15 is 0 Å². The van der Waals surface area contributed by atoms with Crippen molar-refractivity contribution in [3.05, 3.63) is 62.5 Å². The number of hydrogen-bond donors (Lipinski definition) is 1.